The fourth-order valence-electron chi connectivity index (χ4n) is 4.20. The molecule has 0 aliphatic carbocycles. The van der Waals surface area contributed by atoms with Crippen LogP contribution < -0.4 is 5.32 Å². The molecule has 1 aromatic carbocycles. The maximum absolute atomic E-state index is 12.9. The van der Waals surface area contributed by atoms with Crippen molar-refractivity contribution in [3.63, 3.8) is 0 Å². The second-order valence-electron chi connectivity index (χ2n) is 9.14. The van der Waals surface area contributed by atoms with Gasteiger partial charge in [-0.1, -0.05) is 23.7 Å². The van der Waals surface area contributed by atoms with Crippen LogP contribution in [0.4, 0.5) is 0 Å². The Hall–Kier alpha value is -1.63. The first-order chi connectivity index (χ1) is 13.7. The van der Waals surface area contributed by atoms with E-state index >= 15 is 0 Å². The molecule has 2 amide bonds. The zero-order valence-electron chi connectivity index (χ0n) is 17.8. The van der Waals surface area contributed by atoms with Gasteiger partial charge in [-0.2, -0.15) is 0 Å². The van der Waals surface area contributed by atoms with Crippen molar-refractivity contribution in [2.24, 2.45) is 0 Å². The predicted molar refractivity (Wildman–Crippen MR) is 116 cm³/mol. The molecule has 1 N–H and O–H groups in total. The van der Waals surface area contributed by atoms with Crippen LogP contribution in [-0.4, -0.2) is 77.9 Å². The molecule has 2 fully saturated rings. The number of rotatable bonds is 5. The van der Waals surface area contributed by atoms with Gasteiger partial charge < -0.3 is 10.2 Å². The Kier molecular flexibility index (Phi) is 7.19. The molecule has 6 nitrogen and oxygen atoms in total. The molecule has 160 valence electrons. The standard InChI is InChI=1S/C22H33ClN4O2/c1-22(2,3)24-20(28)15-25-10-12-26(13-11-25)21(29)16-27-9-5-8-19(27)17-6-4-7-18(23)14-17/h4,6-7,14,19H,5,8-13,15-16H2,1-3H3,(H,24,28). The number of likely N-dealkylation sites (tertiary alicyclic amines) is 1. The van der Waals surface area contributed by atoms with E-state index in [1.165, 1.54) is 5.56 Å². The number of nitrogens with zero attached hydrogens (tertiary/aromatic N) is 3. The van der Waals surface area contributed by atoms with E-state index in [0.29, 0.717) is 26.2 Å². The van der Waals surface area contributed by atoms with Crippen molar-refractivity contribution in [3.8, 4) is 0 Å². The summed E-state index contributed by atoms with van der Waals surface area (Å²) in [7, 11) is 0. The number of carbonyl (C=O) groups is 2. The molecule has 0 bridgehead atoms. The van der Waals surface area contributed by atoms with Gasteiger partial charge >= 0.3 is 0 Å². The highest BCUT2D eigenvalue weighted by Crippen LogP contribution is 2.32. The smallest absolute Gasteiger partial charge is 0.236 e. The first-order valence-electron chi connectivity index (χ1n) is 10.5. The minimum Gasteiger partial charge on any atom is -0.350 e. The lowest BCUT2D eigenvalue weighted by Gasteiger charge is -2.36. The Labute approximate surface area is 179 Å². The monoisotopic (exact) mass is 420 g/mol. The van der Waals surface area contributed by atoms with Crippen LogP contribution in [0.2, 0.25) is 5.02 Å². The van der Waals surface area contributed by atoms with E-state index in [9.17, 15) is 9.59 Å². The molecule has 29 heavy (non-hydrogen) atoms. The average molecular weight is 421 g/mol. The summed E-state index contributed by atoms with van der Waals surface area (Å²) in [5.41, 5.74) is 0.974. The summed E-state index contributed by atoms with van der Waals surface area (Å²) in [5.74, 6) is 0.219. The van der Waals surface area contributed by atoms with E-state index in [4.69, 9.17) is 11.6 Å². The Morgan fingerprint density at radius 2 is 1.83 bits per heavy atom. The summed E-state index contributed by atoms with van der Waals surface area (Å²) in [5, 5.41) is 3.74. The molecule has 7 heteroatoms. The molecule has 1 unspecified atom stereocenters. The van der Waals surface area contributed by atoms with Crippen molar-refractivity contribution in [2.75, 3.05) is 45.8 Å². The van der Waals surface area contributed by atoms with Gasteiger partial charge in [0.05, 0.1) is 13.1 Å². The summed E-state index contributed by atoms with van der Waals surface area (Å²) in [6.07, 6.45) is 2.16. The van der Waals surface area contributed by atoms with Gasteiger partial charge in [-0.25, -0.2) is 0 Å². The lowest BCUT2D eigenvalue weighted by atomic mass is 10.0. The van der Waals surface area contributed by atoms with Gasteiger partial charge in [0.2, 0.25) is 11.8 Å². The SMILES string of the molecule is CC(C)(C)NC(=O)CN1CCN(C(=O)CN2CCCC2c2cccc(Cl)c2)CC1. The minimum absolute atomic E-state index is 0.0405. The number of halogens is 1. The number of hydrogen-bond donors (Lipinski definition) is 1. The Morgan fingerprint density at radius 3 is 2.48 bits per heavy atom. The third kappa shape index (κ3) is 6.43. The molecular weight excluding hydrogens is 388 g/mol. The Morgan fingerprint density at radius 1 is 1.10 bits per heavy atom. The lowest BCUT2D eigenvalue weighted by molar-refractivity contribution is -0.134. The van der Waals surface area contributed by atoms with E-state index < -0.39 is 0 Å². The van der Waals surface area contributed by atoms with Crippen LogP contribution in [0.15, 0.2) is 24.3 Å². The van der Waals surface area contributed by atoms with Crippen LogP contribution in [0.5, 0.6) is 0 Å². The molecule has 1 atom stereocenters. The van der Waals surface area contributed by atoms with Crippen LogP contribution in [0.25, 0.3) is 0 Å². The number of benzene rings is 1. The second kappa shape index (κ2) is 9.45. The number of hydrogen-bond acceptors (Lipinski definition) is 4. The first kappa shape index (κ1) is 22.1. The Balaban J connectivity index is 1.48. The van der Waals surface area contributed by atoms with Crippen molar-refractivity contribution < 1.29 is 9.59 Å². The maximum atomic E-state index is 12.9. The Bertz CT molecular complexity index is 726. The van der Waals surface area contributed by atoms with Gasteiger partial charge in [0.15, 0.2) is 0 Å². The lowest BCUT2D eigenvalue weighted by Crippen LogP contribution is -2.54. The predicted octanol–water partition coefficient (Wildman–Crippen LogP) is 2.54. The average Bonchev–Trinajstić information content (AvgIpc) is 3.08. The van der Waals surface area contributed by atoms with Crippen molar-refractivity contribution in [3.05, 3.63) is 34.9 Å². The normalized spacial score (nSPS) is 21.4. The van der Waals surface area contributed by atoms with Crippen molar-refractivity contribution in [1.82, 2.24) is 20.0 Å². The molecule has 2 aliphatic heterocycles. The fourth-order valence-corrected chi connectivity index (χ4v) is 4.40. The van der Waals surface area contributed by atoms with Crippen LogP contribution in [-0.2, 0) is 9.59 Å². The van der Waals surface area contributed by atoms with Gasteiger partial charge in [0.1, 0.15) is 0 Å². The van der Waals surface area contributed by atoms with Gasteiger partial charge in [0, 0.05) is 42.8 Å². The molecule has 2 heterocycles. The summed E-state index contributed by atoms with van der Waals surface area (Å²) < 4.78 is 0. The van der Waals surface area contributed by atoms with Gasteiger partial charge in [-0.15, -0.1) is 0 Å². The largest absolute Gasteiger partial charge is 0.350 e. The highest BCUT2D eigenvalue weighted by Gasteiger charge is 2.30. The number of carbonyl (C=O) groups excluding carboxylic acids is 2. The topological polar surface area (TPSA) is 55.9 Å². The van der Waals surface area contributed by atoms with E-state index in [1.54, 1.807) is 0 Å². The van der Waals surface area contributed by atoms with Crippen LogP contribution in [0.1, 0.15) is 45.2 Å². The molecule has 1 aromatic rings. The zero-order valence-corrected chi connectivity index (χ0v) is 18.5. The van der Waals surface area contributed by atoms with Gasteiger partial charge in [-0.3, -0.25) is 19.4 Å². The molecule has 0 spiro atoms. The number of amides is 2. The third-order valence-corrected chi connectivity index (χ3v) is 5.78. The van der Waals surface area contributed by atoms with Crippen molar-refractivity contribution >= 4 is 23.4 Å². The van der Waals surface area contributed by atoms with E-state index in [2.05, 4.69) is 21.2 Å². The van der Waals surface area contributed by atoms with Gasteiger partial charge in [0.25, 0.3) is 0 Å². The molecule has 0 radical (unpaired) electrons. The number of piperazine rings is 1. The van der Waals surface area contributed by atoms with E-state index in [-0.39, 0.29) is 23.4 Å². The summed E-state index contributed by atoms with van der Waals surface area (Å²) in [6.45, 7) is 10.6. The van der Waals surface area contributed by atoms with E-state index in [1.807, 2.05) is 43.9 Å². The second-order valence-corrected chi connectivity index (χ2v) is 9.58. The highest BCUT2D eigenvalue weighted by atomic mass is 35.5. The molecule has 0 aromatic heterocycles. The van der Waals surface area contributed by atoms with Crippen LogP contribution in [0.3, 0.4) is 0 Å². The van der Waals surface area contributed by atoms with Crippen molar-refractivity contribution in [1.29, 1.82) is 0 Å². The zero-order chi connectivity index (χ0) is 21.0. The van der Waals surface area contributed by atoms with Crippen molar-refractivity contribution in [2.45, 2.75) is 45.2 Å². The first-order valence-corrected chi connectivity index (χ1v) is 10.9. The minimum atomic E-state index is -0.218. The number of nitrogens with one attached hydrogen (secondary N) is 1. The fraction of sp³-hybridized carbons (Fsp3) is 0.636. The molecule has 3 rings (SSSR count). The summed E-state index contributed by atoms with van der Waals surface area (Å²) >= 11 is 6.16. The maximum Gasteiger partial charge on any atom is 0.236 e. The van der Waals surface area contributed by atoms with Crippen LogP contribution in [0, 0.1) is 0 Å². The third-order valence-electron chi connectivity index (χ3n) is 5.54. The van der Waals surface area contributed by atoms with Crippen LogP contribution >= 0.6 is 11.6 Å². The summed E-state index contributed by atoms with van der Waals surface area (Å²) in [4.78, 5) is 31.3. The molecular formula is C22H33ClN4O2. The summed E-state index contributed by atoms with van der Waals surface area (Å²) in [6, 6.07) is 8.24. The highest BCUT2D eigenvalue weighted by molar-refractivity contribution is 6.30. The van der Waals surface area contributed by atoms with E-state index in [0.717, 1.165) is 37.5 Å². The molecule has 0 saturated carbocycles. The molecule has 2 aliphatic rings. The quantitative estimate of drug-likeness (QED) is 0.795. The molecule has 2 saturated heterocycles. The van der Waals surface area contributed by atoms with Gasteiger partial charge in [-0.05, 0) is 57.9 Å².